The molecule has 1 aromatic rings. The quantitative estimate of drug-likeness (QED) is 0.732. The zero-order valence-electron chi connectivity index (χ0n) is 13.8. The van der Waals surface area contributed by atoms with Gasteiger partial charge in [0.25, 0.3) is 5.91 Å². The van der Waals surface area contributed by atoms with E-state index in [9.17, 15) is 9.59 Å². The lowest BCUT2D eigenvalue weighted by Crippen LogP contribution is -2.47. The van der Waals surface area contributed by atoms with E-state index < -0.39 is 5.60 Å². The van der Waals surface area contributed by atoms with Crippen LogP contribution in [-0.2, 0) is 4.74 Å². The number of nitrogens with one attached hydrogen (secondary N) is 1. The molecule has 23 heavy (non-hydrogen) atoms. The van der Waals surface area contributed by atoms with E-state index in [4.69, 9.17) is 4.74 Å². The number of hydrogen-bond donors (Lipinski definition) is 1. The van der Waals surface area contributed by atoms with Crippen molar-refractivity contribution in [3.05, 3.63) is 33.4 Å². The lowest BCUT2D eigenvalue weighted by molar-refractivity contribution is 0.0473. The number of piperidine rings is 1. The van der Waals surface area contributed by atoms with E-state index in [0.717, 1.165) is 16.4 Å². The largest absolute Gasteiger partial charge is 0.444 e. The molecule has 2 rings (SSSR count). The van der Waals surface area contributed by atoms with Gasteiger partial charge in [-0.3, -0.25) is 4.79 Å². The number of nitrogens with zero attached hydrogens (tertiary/aromatic N) is 1. The summed E-state index contributed by atoms with van der Waals surface area (Å²) in [5.74, 6) is 0.0529. The van der Waals surface area contributed by atoms with Gasteiger partial charge in [-0.15, -0.1) is 0 Å². The highest BCUT2D eigenvalue weighted by molar-refractivity contribution is 14.1. The highest BCUT2D eigenvalue weighted by Crippen LogP contribution is 2.16. The highest BCUT2D eigenvalue weighted by atomic mass is 127. The summed E-state index contributed by atoms with van der Waals surface area (Å²) in [4.78, 5) is 26.1. The predicted octanol–water partition coefficient (Wildman–Crippen LogP) is 3.42. The fourth-order valence-electron chi connectivity index (χ4n) is 2.48. The Bertz CT molecular complexity index is 558. The molecular weight excluding hydrogens is 407 g/mol. The third-order valence-electron chi connectivity index (χ3n) is 3.59. The van der Waals surface area contributed by atoms with Crippen LogP contribution in [0.2, 0.25) is 0 Å². The smallest absolute Gasteiger partial charge is 0.407 e. The van der Waals surface area contributed by atoms with Gasteiger partial charge in [0.2, 0.25) is 0 Å². The topological polar surface area (TPSA) is 58.6 Å². The van der Waals surface area contributed by atoms with E-state index in [2.05, 4.69) is 27.9 Å². The Morgan fingerprint density at radius 1 is 1.17 bits per heavy atom. The third kappa shape index (κ3) is 5.67. The van der Waals surface area contributed by atoms with Crippen molar-refractivity contribution in [2.45, 2.75) is 45.3 Å². The van der Waals surface area contributed by atoms with Gasteiger partial charge >= 0.3 is 6.09 Å². The molecule has 1 fully saturated rings. The molecule has 1 heterocycles. The average molecular weight is 430 g/mol. The maximum atomic E-state index is 12.4. The van der Waals surface area contributed by atoms with E-state index in [-0.39, 0.29) is 18.0 Å². The maximum Gasteiger partial charge on any atom is 0.407 e. The highest BCUT2D eigenvalue weighted by Gasteiger charge is 2.26. The molecule has 0 unspecified atom stereocenters. The number of alkyl carbamates (subject to hydrolysis) is 1. The molecule has 1 saturated heterocycles. The Kier molecular flexibility index (Phi) is 5.89. The Hall–Kier alpha value is -1.31. The number of benzene rings is 1. The number of carbonyl (C=O) groups excluding carboxylic acids is 2. The molecule has 0 aliphatic carbocycles. The van der Waals surface area contributed by atoms with Crippen molar-refractivity contribution in [2.75, 3.05) is 13.1 Å². The number of halogens is 1. The van der Waals surface area contributed by atoms with Crippen LogP contribution >= 0.6 is 22.6 Å². The summed E-state index contributed by atoms with van der Waals surface area (Å²) < 4.78 is 6.37. The molecule has 5 nitrogen and oxygen atoms in total. The summed E-state index contributed by atoms with van der Waals surface area (Å²) in [7, 11) is 0. The van der Waals surface area contributed by atoms with Gasteiger partial charge in [-0.25, -0.2) is 4.79 Å². The predicted molar refractivity (Wildman–Crippen MR) is 97.5 cm³/mol. The first-order valence-corrected chi connectivity index (χ1v) is 8.87. The minimum atomic E-state index is -0.494. The number of likely N-dealkylation sites (tertiary alicyclic amines) is 1. The van der Waals surface area contributed by atoms with Gasteiger partial charge < -0.3 is 15.0 Å². The van der Waals surface area contributed by atoms with Gasteiger partial charge in [-0.1, -0.05) is 0 Å². The zero-order valence-corrected chi connectivity index (χ0v) is 15.9. The standard InChI is InChI=1S/C17H23IN2O3/c1-17(2,3)23-16(22)19-14-8-10-20(11-9-14)15(21)12-4-6-13(18)7-5-12/h4-7,14H,8-11H2,1-3H3,(H,19,22). The first-order chi connectivity index (χ1) is 10.7. The molecule has 0 saturated carbocycles. The molecular formula is C17H23IN2O3. The van der Waals surface area contributed by atoms with E-state index in [1.807, 2.05) is 49.9 Å². The minimum absolute atomic E-state index is 0.0529. The molecule has 6 heteroatoms. The van der Waals surface area contributed by atoms with Gasteiger partial charge in [0, 0.05) is 28.3 Å². The van der Waals surface area contributed by atoms with Crippen molar-refractivity contribution < 1.29 is 14.3 Å². The van der Waals surface area contributed by atoms with Crippen LogP contribution in [0.3, 0.4) is 0 Å². The third-order valence-corrected chi connectivity index (χ3v) is 4.31. The number of ether oxygens (including phenoxy) is 1. The summed E-state index contributed by atoms with van der Waals surface area (Å²) in [6.45, 7) is 6.81. The Morgan fingerprint density at radius 3 is 2.26 bits per heavy atom. The molecule has 0 bridgehead atoms. The maximum absolute atomic E-state index is 12.4. The minimum Gasteiger partial charge on any atom is -0.444 e. The number of hydrogen-bond acceptors (Lipinski definition) is 3. The van der Waals surface area contributed by atoms with Crippen LogP contribution < -0.4 is 5.32 Å². The second-order valence-corrected chi connectivity index (χ2v) is 7.97. The van der Waals surface area contributed by atoms with Gasteiger partial charge in [0.15, 0.2) is 0 Å². The number of amides is 2. The average Bonchev–Trinajstić information content (AvgIpc) is 2.46. The van der Waals surface area contributed by atoms with Crippen LogP contribution in [0.5, 0.6) is 0 Å². The number of rotatable bonds is 2. The molecule has 0 spiro atoms. The van der Waals surface area contributed by atoms with Gasteiger partial charge in [0.1, 0.15) is 5.60 Å². The SMILES string of the molecule is CC(C)(C)OC(=O)NC1CCN(C(=O)c2ccc(I)cc2)CC1. The van der Waals surface area contributed by atoms with Crippen LogP contribution in [0.4, 0.5) is 4.79 Å². The molecule has 1 aliphatic heterocycles. The van der Waals surface area contributed by atoms with Gasteiger partial charge in [0.05, 0.1) is 0 Å². The van der Waals surface area contributed by atoms with Gasteiger partial charge in [-0.2, -0.15) is 0 Å². The van der Waals surface area contributed by atoms with E-state index in [0.29, 0.717) is 18.7 Å². The van der Waals surface area contributed by atoms with Crippen molar-refractivity contribution >= 4 is 34.6 Å². The lowest BCUT2D eigenvalue weighted by Gasteiger charge is -2.33. The van der Waals surface area contributed by atoms with Gasteiger partial charge in [-0.05, 0) is 80.5 Å². The first-order valence-electron chi connectivity index (χ1n) is 7.79. The van der Waals surface area contributed by atoms with Crippen LogP contribution in [0.1, 0.15) is 44.0 Å². The summed E-state index contributed by atoms with van der Waals surface area (Å²) in [5, 5.41) is 2.88. The van der Waals surface area contributed by atoms with Crippen LogP contribution in [0.25, 0.3) is 0 Å². The molecule has 0 aromatic heterocycles. The van der Waals surface area contributed by atoms with Crippen LogP contribution in [0.15, 0.2) is 24.3 Å². The monoisotopic (exact) mass is 430 g/mol. The van der Waals surface area contributed by atoms with Crippen LogP contribution in [0, 0.1) is 3.57 Å². The first kappa shape index (κ1) is 18.0. The summed E-state index contributed by atoms with van der Waals surface area (Å²) in [6, 6.07) is 7.64. The molecule has 126 valence electrons. The number of carbonyl (C=O) groups is 2. The molecule has 1 aromatic carbocycles. The second kappa shape index (κ2) is 7.51. The molecule has 2 amide bonds. The Balaban J connectivity index is 1.83. The fraction of sp³-hybridized carbons (Fsp3) is 0.529. The van der Waals surface area contributed by atoms with Crippen molar-refractivity contribution in [3.63, 3.8) is 0 Å². The fourth-order valence-corrected chi connectivity index (χ4v) is 2.84. The van der Waals surface area contributed by atoms with E-state index >= 15 is 0 Å². The second-order valence-electron chi connectivity index (χ2n) is 6.72. The summed E-state index contributed by atoms with van der Waals surface area (Å²) in [5.41, 5.74) is 0.218. The summed E-state index contributed by atoms with van der Waals surface area (Å²) >= 11 is 2.22. The lowest BCUT2D eigenvalue weighted by atomic mass is 10.0. The van der Waals surface area contributed by atoms with Crippen molar-refractivity contribution in [1.82, 2.24) is 10.2 Å². The Labute approximate surface area is 150 Å². The van der Waals surface area contributed by atoms with E-state index in [1.165, 1.54) is 0 Å². The van der Waals surface area contributed by atoms with Crippen molar-refractivity contribution in [3.8, 4) is 0 Å². The van der Waals surface area contributed by atoms with E-state index in [1.54, 1.807) is 0 Å². The van der Waals surface area contributed by atoms with Crippen molar-refractivity contribution in [2.24, 2.45) is 0 Å². The molecule has 0 atom stereocenters. The molecule has 0 radical (unpaired) electrons. The molecule has 1 N–H and O–H groups in total. The summed E-state index contributed by atoms with van der Waals surface area (Å²) in [6.07, 6.45) is 1.10. The normalized spacial score (nSPS) is 16.1. The van der Waals surface area contributed by atoms with Crippen molar-refractivity contribution in [1.29, 1.82) is 0 Å². The zero-order chi connectivity index (χ0) is 17.0. The Morgan fingerprint density at radius 2 is 1.74 bits per heavy atom. The van der Waals surface area contributed by atoms with Crippen LogP contribution in [-0.4, -0.2) is 41.6 Å². The molecule has 1 aliphatic rings.